The predicted octanol–water partition coefficient (Wildman–Crippen LogP) is 4.00. The minimum Gasteiger partial charge on any atom is -0.273 e. The maximum Gasteiger partial charge on any atom is 0.240 e. The quantitative estimate of drug-likeness (QED) is 0.823. The first kappa shape index (κ1) is 14.5. The highest BCUT2D eigenvalue weighted by Gasteiger charge is 2.31. The molecule has 0 aromatic heterocycles. The Labute approximate surface area is 131 Å². The topological polar surface area (TPSA) is 32.7 Å². The van der Waals surface area contributed by atoms with Gasteiger partial charge in [-0.2, -0.15) is 5.10 Å². The van der Waals surface area contributed by atoms with E-state index in [1.54, 1.807) is 11.9 Å². The third-order valence-electron chi connectivity index (χ3n) is 4.04. The number of carbonyl (C=O) groups is 1. The van der Waals surface area contributed by atoms with Crippen LogP contribution in [0.4, 0.5) is 0 Å². The fourth-order valence-corrected chi connectivity index (χ4v) is 2.86. The molecule has 0 fully saturated rings. The van der Waals surface area contributed by atoms with Gasteiger partial charge in [0, 0.05) is 13.3 Å². The summed E-state index contributed by atoms with van der Waals surface area (Å²) in [6.45, 7) is 5.71. The van der Waals surface area contributed by atoms with Gasteiger partial charge in [0.05, 0.1) is 11.8 Å². The van der Waals surface area contributed by atoms with Gasteiger partial charge >= 0.3 is 0 Å². The van der Waals surface area contributed by atoms with Crippen LogP contribution in [0.15, 0.2) is 53.6 Å². The molecule has 3 rings (SSSR count). The van der Waals surface area contributed by atoms with Gasteiger partial charge in [-0.1, -0.05) is 59.7 Å². The highest BCUT2D eigenvalue weighted by Crippen LogP contribution is 2.33. The van der Waals surface area contributed by atoms with E-state index in [4.69, 9.17) is 0 Å². The van der Waals surface area contributed by atoms with Crippen molar-refractivity contribution in [2.75, 3.05) is 0 Å². The second-order valence-corrected chi connectivity index (χ2v) is 5.91. The lowest BCUT2D eigenvalue weighted by molar-refractivity contribution is -0.130. The normalized spacial score (nSPS) is 17.5. The van der Waals surface area contributed by atoms with Gasteiger partial charge < -0.3 is 0 Å². The van der Waals surface area contributed by atoms with Crippen molar-refractivity contribution >= 4 is 11.6 Å². The molecule has 1 amide bonds. The van der Waals surface area contributed by atoms with E-state index in [0.29, 0.717) is 0 Å². The summed E-state index contributed by atoms with van der Waals surface area (Å²) in [6, 6.07) is 16.6. The monoisotopic (exact) mass is 292 g/mol. The van der Waals surface area contributed by atoms with E-state index in [1.807, 2.05) is 6.07 Å². The van der Waals surface area contributed by atoms with Crippen LogP contribution in [0.25, 0.3) is 0 Å². The molecule has 1 unspecified atom stereocenters. The summed E-state index contributed by atoms with van der Waals surface area (Å²) in [4.78, 5) is 12.0. The first-order valence-corrected chi connectivity index (χ1v) is 7.55. The molecule has 0 radical (unpaired) electrons. The number of aryl methyl sites for hydroxylation is 2. The second kappa shape index (κ2) is 5.76. The molecule has 1 atom stereocenters. The molecule has 1 heterocycles. The molecular formula is C19H20N2O. The maximum atomic E-state index is 12.0. The van der Waals surface area contributed by atoms with Crippen LogP contribution in [-0.4, -0.2) is 16.6 Å². The summed E-state index contributed by atoms with van der Waals surface area (Å²) in [5, 5.41) is 6.19. The second-order valence-electron chi connectivity index (χ2n) is 5.91. The van der Waals surface area contributed by atoms with E-state index in [2.05, 4.69) is 61.4 Å². The highest BCUT2D eigenvalue weighted by atomic mass is 16.2. The van der Waals surface area contributed by atoms with Crippen LogP contribution in [0.1, 0.15) is 41.6 Å². The van der Waals surface area contributed by atoms with Gasteiger partial charge in [0.15, 0.2) is 0 Å². The number of rotatable bonds is 2. The average molecular weight is 292 g/mol. The Hall–Kier alpha value is -2.42. The van der Waals surface area contributed by atoms with Crippen molar-refractivity contribution in [1.29, 1.82) is 0 Å². The van der Waals surface area contributed by atoms with E-state index in [9.17, 15) is 4.79 Å². The molecule has 1 aliphatic rings. The van der Waals surface area contributed by atoms with Crippen molar-refractivity contribution < 1.29 is 4.79 Å². The van der Waals surface area contributed by atoms with E-state index in [0.717, 1.165) is 23.3 Å². The van der Waals surface area contributed by atoms with Crippen molar-refractivity contribution in [3.63, 3.8) is 0 Å². The smallest absolute Gasteiger partial charge is 0.240 e. The molecule has 2 aromatic rings. The van der Waals surface area contributed by atoms with Crippen molar-refractivity contribution in [3.05, 3.63) is 70.8 Å². The lowest BCUT2D eigenvalue weighted by Crippen LogP contribution is -2.24. The summed E-state index contributed by atoms with van der Waals surface area (Å²) in [5.74, 6) is -0.0198. The van der Waals surface area contributed by atoms with Gasteiger partial charge in [0.2, 0.25) is 5.91 Å². The molecule has 0 N–H and O–H groups in total. The SMILES string of the molecule is CC(=O)N1N=C(c2ccc(C)cc2)CC1c1cccc(C)c1. The minimum atomic E-state index is -0.0198. The Morgan fingerprint density at radius 1 is 1.09 bits per heavy atom. The Kier molecular flexibility index (Phi) is 3.80. The lowest BCUT2D eigenvalue weighted by atomic mass is 9.97. The van der Waals surface area contributed by atoms with Gasteiger partial charge in [-0.25, -0.2) is 5.01 Å². The summed E-state index contributed by atoms with van der Waals surface area (Å²) in [5.41, 5.74) is 5.63. The van der Waals surface area contributed by atoms with Crippen molar-refractivity contribution in [2.45, 2.75) is 33.2 Å². The number of hydrogen-bond acceptors (Lipinski definition) is 2. The number of nitrogens with zero attached hydrogens (tertiary/aromatic N) is 2. The Bertz CT molecular complexity index is 731. The van der Waals surface area contributed by atoms with E-state index < -0.39 is 0 Å². The first-order chi connectivity index (χ1) is 10.5. The van der Waals surface area contributed by atoms with Gasteiger partial charge in [0.1, 0.15) is 0 Å². The fourth-order valence-electron chi connectivity index (χ4n) is 2.86. The van der Waals surface area contributed by atoms with Crippen LogP contribution in [0.2, 0.25) is 0 Å². The molecule has 112 valence electrons. The number of hydrogen-bond donors (Lipinski definition) is 0. The Morgan fingerprint density at radius 2 is 1.82 bits per heavy atom. The molecule has 2 aromatic carbocycles. The zero-order chi connectivity index (χ0) is 15.7. The molecule has 0 saturated carbocycles. The largest absolute Gasteiger partial charge is 0.273 e. The molecule has 3 nitrogen and oxygen atoms in total. The van der Waals surface area contributed by atoms with Crippen LogP contribution < -0.4 is 0 Å². The number of benzene rings is 2. The van der Waals surface area contributed by atoms with E-state index >= 15 is 0 Å². The number of carbonyl (C=O) groups excluding carboxylic acids is 1. The van der Waals surface area contributed by atoms with Crippen LogP contribution >= 0.6 is 0 Å². The molecule has 0 bridgehead atoms. The minimum absolute atomic E-state index is 0.00583. The lowest BCUT2D eigenvalue weighted by Gasteiger charge is -2.20. The van der Waals surface area contributed by atoms with Gasteiger partial charge in [-0.15, -0.1) is 0 Å². The fraction of sp³-hybridized carbons (Fsp3) is 0.263. The highest BCUT2D eigenvalue weighted by molar-refractivity contribution is 6.03. The molecule has 3 heteroatoms. The third-order valence-corrected chi connectivity index (χ3v) is 4.04. The Morgan fingerprint density at radius 3 is 2.45 bits per heavy atom. The summed E-state index contributed by atoms with van der Waals surface area (Å²) < 4.78 is 0. The standard InChI is InChI=1S/C19H20N2O/c1-13-7-9-16(10-8-13)18-12-19(21(20-18)15(3)22)17-6-4-5-14(2)11-17/h4-11,19H,12H2,1-3H3. The average Bonchev–Trinajstić information content (AvgIpc) is 2.93. The Balaban J connectivity index is 1.94. The van der Waals surface area contributed by atoms with E-state index in [1.165, 1.54) is 11.1 Å². The zero-order valence-corrected chi connectivity index (χ0v) is 13.2. The predicted molar refractivity (Wildman–Crippen MR) is 88.8 cm³/mol. The number of hydrazone groups is 1. The maximum absolute atomic E-state index is 12.0. The van der Waals surface area contributed by atoms with Gasteiger partial charge in [-0.05, 0) is 25.0 Å². The number of amides is 1. The molecule has 1 aliphatic heterocycles. The first-order valence-electron chi connectivity index (χ1n) is 7.55. The zero-order valence-electron chi connectivity index (χ0n) is 13.2. The van der Waals surface area contributed by atoms with Gasteiger partial charge in [0.25, 0.3) is 0 Å². The summed E-state index contributed by atoms with van der Waals surface area (Å²) >= 11 is 0. The molecule has 0 aliphatic carbocycles. The van der Waals surface area contributed by atoms with Crippen LogP contribution in [0.5, 0.6) is 0 Å². The van der Waals surface area contributed by atoms with Crippen molar-refractivity contribution in [3.8, 4) is 0 Å². The molecule has 0 saturated heterocycles. The van der Waals surface area contributed by atoms with Crippen molar-refractivity contribution in [1.82, 2.24) is 5.01 Å². The third kappa shape index (κ3) is 2.80. The molecular weight excluding hydrogens is 272 g/mol. The molecule has 22 heavy (non-hydrogen) atoms. The molecule has 0 spiro atoms. The van der Waals surface area contributed by atoms with Crippen LogP contribution in [0, 0.1) is 13.8 Å². The van der Waals surface area contributed by atoms with Crippen LogP contribution in [0.3, 0.4) is 0 Å². The van der Waals surface area contributed by atoms with Crippen molar-refractivity contribution in [2.24, 2.45) is 5.10 Å². The van der Waals surface area contributed by atoms with Gasteiger partial charge in [-0.3, -0.25) is 4.79 Å². The summed E-state index contributed by atoms with van der Waals surface area (Å²) in [6.07, 6.45) is 0.756. The van der Waals surface area contributed by atoms with Crippen LogP contribution in [-0.2, 0) is 4.79 Å². The van der Waals surface area contributed by atoms with E-state index in [-0.39, 0.29) is 11.9 Å². The summed E-state index contributed by atoms with van der Waals surface area (Å²) in [7, 11) is 0.